The van der Waals surface area contributed by atoms with Crippen LogP contribution in [-0.4, -0.2) is 67.5 Å². The Labute approximate surface area is 170 Å². The monoisotopic (exact) mass is 400 g/mol. The molecule has 29 heavy (non-hydrogen) atoms. The van der Waals surface area contributed by atoms with Crippen molar-refractivity contribution in [3.8, 4) is 0 Å². The van der Waals surface area contributed by atoms with E-state index < -0.39 is 0 Å². The van der Waals surface area contributed by atoms with Crippen LogP contribution in [0.25, 0.3) is 5.57 Å². The van der Waals surface area contributed by atoms with Crippen LogP contribution in [0.1, 0.15) is 30.4 Å². The lowest BCUT2D eigenvalue weighted by atomic mass is 10.0. The minimum absolute atomic E-state index is 0.0227. The fraction of sp³-hybridized carbons (Fsp3) is 0.476. The Morgan fingerprint density at radius 3 is 2.41 bits per heavy atom. The minimum Gasteiger partial charge on any atom is -0.498 e. The number of nitrogens with two attached hydrogens (primary N) is 1. The van der Waals surface area contributed by atoms with E-state index in [9.17, 15) is 9.59 Å². The summed E-state index contributed by atoms with van der Waals surface area (Å²) in [6.45, 7) is 1.81. The molecule has 1 aromatic carbocycles. The third-order valence-corrected chi connectivity index (χ3v) is 5.65. The van der Waals surface area contributed by atoms with E-state index in [0.29, 0.717) is 43.8 Å². The van der Waals surface area contributed by atoms with Crippen molar-refractivity contribution in [1.82, 2.24) is 9.80 Å². The van der Waals surface area contributed by atoms with Crippen LogP contribution >= 0.6 is 0 Å². The van der Waals surface area contributed by atoms with Gasteiger partial charge < -0.3 is 25.0 Å². The van der Waals surface area contributed by atoms with Crippen LogP contribution in [0.15, 0.2) is 30.0 Å². The first kappa shape index (κ1) is 20.7. The third kappa shape index (κ3) is 4.52. The standard InChI is InChI=1S/C21H28N4O4/c1-28-17-13-25(16-9-11-24(12-10-16)21(22)23)20(27)19(17)15-6-3-14(4-7-15)5-8-18(26)29-2/h3-4,6-7,16H,5,8-13H2,1-2H3,(H3,22,23). The van der Waals surface area contributed by atoms with E-state index in [1.807, 2.05) is 34.1 Å². The fourth-order valence-electron chi connectivity index (χ4n) is 3.92. The average molecular weight is 400 g/mol. The number of benzene rings is 1. The summed E-state index contributed by atoms with van der Waals surface area (Å²) in [5, 5.41) is 7.56. The number of rotatable bonds is 6. The van der Waals surface area contributed by atoms with Gasteiger partial charge in [0, 0.05) is 25.6 Å². The highest BCUT2D eigenvalue weighted by molar-refractivity contribution is 6.22. The van der Waals surface area contributed by atoms with Crippen molar-refractivity contribution in [2.45, 2.75) is 31.7 Å². The van der Waals surface area contributed by atoms with Gasteiger partial charge in [-0.1, -0.05) is 24.3 Å². The molecule has 0 saturated carbocycles. The Hall–Kier alpha value is -3.03. The number of likely N-dealkylation sites (tertiary alicyclic amines) is 1. The lowest BCUT2D eigenvalue weighted by Gasteiger charge is -2.36. The molecule has 0 spiro atoms. The van der Waals surface area contributed by atoms with E-state index in [1.165, 1.54) is 7.11 Å². The number of aryl methyl sites for hydroxylation is 1. The summed E-state index contributed by atoms with van der Waals surface area (Å²) in [7, 11) is 2.97. The van der Waals surface area contributed by atoms with E-state index in [1.54, 1.807) is 7.11 Å². The molecule has 1 fully saturated rings. The zero-order chi connectivity index (χ0) is 21.0. The van der Waals surface area contributed by atoms with Crippen molar-refractivity contribution in [2.24, 2.45) is 5.73 Å². The highest BCUT2D eigenvalue weighted by atomic mass is 16.5. The molecule has 2 aliphatic rings. The van der Waals surface area contributed by atoms with Crippen LogP contribution in [0.5, 0.6) is 0 Å². The second-order valence-electron chi connectivity index (χ2n) is 7.31. The van der Waals surface area contributed by atoms with E-state index in [2.05, 4.69) is 4.74 Å². The molecule has 0 aliphatic carbocycles. The zero-order valence-corrected chi connectivity index (χ0v) is 16.9. The molecule has 0 bridgehead atoms. The maximum Gasteiger partial charge on any atom is 0.305 e. The first-order valence-electron chi connectivity index (χ1n) is 9.77. The van der Waals surface area contributed by atoms with Crippen LogP contribution in [0.3, 0.4) is 0 Å². The van der Waals surface area contributed by atoms with Gasteiger partial charge in [0.2, 0.25) is 0 Å². The van der Waals surface area contributed by atoms with Gasteiger partial charge in [0.1, 0.15) is 5.76 Å². The zero-order valence-electron chi connectivity index (χ0n) is 16.9. The molecule has 8 heteroatoms. The summed E-state index contributed by atoms with van der Waals surface area (Å²) in [4.78, 5) is 28.2. The number of hydrogen-bond donors (Lipinski definition) is 2. The molecule has 0 aromatic heterocycles. The van der Waals surface area contributed by atoms with E-state index in [-0.39, 0.29) is 23.9 Å². The number of ether oxygens (including phenoxy) is 2. The van der Waals surface area contributed by atoms with Gasteiger partial charge in [0.05, 0.1) is 26.3 Å². The van der Waals surface area contributed by atoms with Gasteiger partial charge in [-0.15, -0.1) is 0 Å². The Morgan fingerprint density at radius 1 is 1.21 bits per heavy atom. The largest absolute Gasteiger partial charge is 0.498 e. The Bertz CT molecular complexity index is 810. The molecular weight excluding hydrogens is 372 g/mol. The maximum atomic E-state index is 13.2. The minimum atomic E-state index is -0.240. The summed E-state index contributed by atoms with van der Waals surface area (Å²) in [6, 6.07) is 7.78. The van der Waals surface area contributed by atoms with Gasteiger partial charge in [0.15, 0.2) is 5.96 Å². The number of amides is 1. The van der Waals surface area contributed by atoms with Crippen molar-refractivity contribution in [3.05, 3.63) is 41.2 Å². The highest BCUT2D eigenvalue weighted by Crippen LogP contribution is 2.32. The SMILES string of the molecule is COC(=O)CCc1ccc(C2=C(OC)CN(C3CCN(C(=N)N)CC3)C2=O)cc1. The lowest BCUT2D eigenvalue weighted by molar-refractivity contribution is -0.140. The van der Waals surface area contributed by atoms with Crippen molar-refractivity contribution >= 4 is 23.4 Å². The summed E-state index contributed by atoms with van der Waals surface area (Å²) in [5.41, 5.74) is 7.99. The smallest absolute Gasteiger partial charge is 0.305 e. The van der Waals surface area contributed by atoms with Gasteiger partial charge in [-0.2, -0.15) is 0 Å². The molecule has 1 saturated heterocycles. The number of nitrogens with zero attached hydrogens (tertiary/aromatic N) is 2. The van der Waals surface area contributed by atoms with Crippen molar-refractivity contribution in [1.29, 1.82) is 5.41 Å². The van der Waals surface area contributed by atoms with Crippen LogP contribution in [0.2, 0.25) is 0 Å². The number of guanidine groups is 1. The summed E-state index contributed by atoms with van der Waals surface area (Å²) in [5.74, 6) is 0.493. The second-order valence-corrected chi connectivity index (χ2v) is 7.31. The highest BCUT2D eigenvalue weighted by Gasteiger charge is 2.37. The van der Waals surface area contributed by atoms with Gasteiger partial charge in [-0.25, -0.2) is 0 Å². The number of esters is 1. The molecule has 1 amide bonds. The lowest BCUT2D eigenvalue weighted by Crippen LogP contribution is -2.49. The predicted octanol–water partition coefficient (Wildman–Crippen LogP) is 1.35. The van der Waals surface area contributed by atoms with Gasteiger partial charge in [0.25, 0.3) is 5.91 Å². The Kier molecular flexibility index (Phi) is 6.41. The van der Waals surface area contributed by atoms with Gasteiger partial charge >= 0.3 is 5.97 Å². The second kappa shape index (κ2) is 8.98. The molecule has 156 valence electrons. The fourth-order valence-corrected chi connectivity index (χ4v) is 3.92. The summed E-state index contributed by atoms with van der Waals surface area (Å²) >= 11 is 0. The Morgan fingerprint density at radius 2 is 1.86 bits per heavy atom. The average Bonchev–Trinajstić information content (AvgIpc) is 3.08. The van der Waals surface area contributed by atoms with Crippen LogP contribution in [0, 0.1) is 5.41 Å². The number of carbonyl (C=O) groups excluding carboxylic acids is 2. The molecule has 2 heterocycles. The van der Waals surface area contributed by atoms with Crippen LogP contribution in [-0.2, 0) is 25.5 Å². The molecule has 3 rings (SSSR count). The van der Waals surface area contributed by atoms with Crippen LogP contribution < -0.4 is 5.73 Å². The first-order valence-corrected chi connectivity index (χ1v) is 9.77. The maximum absolute atomic E-state index is 13.2. The molecule has 8 nitrogen and oxygen atoms in total. The van der Waals surface area contributed by atoms with Gasteiger partial charge in [-0.05, 0) is 30.4 Å². The molecule has 3 N–H and O–H groups in total. The molecular formula is C21H28N4O4. The Balaban J connectivity index is 1.69. The molecule has 1 aromatic rings. The molecule has 2 aliphatic heterocycles. The van der Waals surface area contributed by atoms with Crippen molar-refractivity contribution in [3.63, 3.8) is 0 Å². The number of hydrogen-bond acceptors (Lipinski definition) is 5. The van der Waals surface area contributed by atoms with Crippen molar-refractivity contribution in [2.75, 3.05) is 33.9 Å². The number of nitrogens with one attached hydrogen (secondary N) is 1. The molecule has 0 radical (unpaired) electrons. The quantitative estimate of drug-likeness (QED) is 0.424. The van der Waals surface area contributed by atoms with Crippen molar-refractivity contribution < 1.29 is 19.1 Å². The molecule has 0 atom stereocenters. The van der Waals surface area contributed by atoms with Gasteiger partial charge in [-0.3, -0.25) is 15.0 Å². The number of methoxy groups -OCH3 is 2. The summed E-state index contributed by atoms with van der Waals surface area (Å²) in [6.07, 6.45) is 2.48. The van der Waals surface area contributed by atoms with E-state index in [4.69, 9.17) is 15.9 Å². The van der Waals surface area contributed by atoms with E-state index in [0.717, 1.165) is 24.0 Å². The number of carbonyl (C=O) groups is 2. The number of piperidine rings is 1. The van der Waals surface area contributed by atoms with E-state index >= 15 is 0 Å². The van der Waals surface area contributed by atoms with Crippen LogP contribution in [0.4, 0.5) is 0 Å². The summed E-state index contributed by atoms with van der Waals surface area (Å²) < 4.78 is 10.2. The third-order valence-electron chi connectivity index (χ3n) is 5.65. The first-order chi connectivity index (χ1) is 13.9. The molecule has 0 unspecified atom stereocenters. The predicted molar refractivity (Wildman–Crippen MR) is 109 cm³/mol. The topological polar surface area (TPSA) is 109 Å². The normalized spacial score (nSPS) is 17.7.